The lowest BCUT2D eigenvalue weighted by Gasteiger charge is -2.10. The monoisotopic (exact) mass is 320 g/mol. The van der Waals surface area contributed by atoms with E-state index in [4.69, 9.17) is 15.7 Å². The molecule has 19 heavy (non-hydrogen) atoms. The van der Waals surface area contributed by atoms with Crippen molar-refractivity contribution in [2.24, 2.45) is 0 Å². The summed E-state index contributed by atoms with van der Waals surface area (Å²) in [5, 5.41) is 8.78. The number of nitrogens with two attached hydrogens (primary N) is 1. The number of nitrogen functional groups attached to an aromatic ring is 1. The minimum Gasteiger partial charge on any atom is -0.488 e. The predicted molar refractivity (Wildman–Crippen MR) is 74.0 cm³/mol. The van der Waals surface area contributed by atoms with E-state index in [1.807, 2.05) is 6.07 Å². The van der Waals surface area contributed by atoms with E-state index in [0.717, 1.165) is 0 Å². The molecule has 0 amide bonds. The lowest BCUT2D eigenvalue weighted by Crippen LogP contribution is -2.00. The van der Waals surface area contributed by atoms with Gasteiger partial charge in [-0.25, -0.2) is 4.39 Å². The largest absolute Gasteiger partial charge is 0.488 e. The number of nitrogens with zero attached hydrogens (tertiary/aromatic N) is 1. The Kier molecular flexibility index (Phi) is 4.03. The van der Waals surface area contributed by atoms with Crippen LogP contribution < -0.4 is 10.5 Å². The molecule has 3 nitrogen and oxygen atoms in total. The van der Waals surface area contributed by atoms with Gasteiger partial charge in [0, 0.05) is 11.3 Å². The van der Waals surface area contributed by atoms with E-state index < -0.39 is 5.82 Å². The van der Waals surface area contributed by atoms with Crippen LogP contribution in [0.1, 0.15) is 11.1 Å². The fourth-order valence-electron chi connectivity index (χ4n) is 1.55. The Morgan fingerprint density at radius 1 is 1.32 bits per heavy atom. The van der Waals surface area contributed by atoms with Gasteiger partial charge in [-0.2, -0.15) is 5.26 Å². The molecule has 0 spiro atoms. The van der Waals surface area contributed by atoms with Gasteiger partial charge >= 0.3 is 0 Å². The molecule has 0 bridgehead atoms. The van der Waals surface area contributed by atoms with Gasteiger partial charge in [0.1, 0.15) is 18.2 Å². The summed E-state index contributed by atoms with van der Waals surface area (Å²) >= 11 is 3.30. The van der Waals surface area contributed by atoms with Gasteiger partial charge in [0.15, 0.2) is 0 Å². The Morgan fingerprint density at radius 2 is 2.11 bits per heavy atom. The van der Waals surface area contributed by atoms with E-state index in [1.165, 1.54) is 18.2 Å². The number of anilines is 1. The van der Waals surface area contributed by atoms with E-state index in [0.29, 0.717) is 27.0 Å². The van der Waals surface area contributed by atoms with Crippen molar-refractivity contribution < 1.29 is 9.13 Å². The number of hydrogen-bond acceptors (Lipinski definition) is 3. The topological polar surface area (TPSA) is 59.0 Å². The number of hydrogen-bond donors (Lipinski definition) is 1. The minimum atomic E-state index is -0.404. The van der Waals surface area contributed by atoms with E-state index >= 15 is 0 Å². The van der Waals surface area contributed by atoms with Crippen LogP contribution in [0.2, 0.25) is 0 Å². The van der Waals surface area contributed by atoms with Crippen molar-refractivity contribution in [2.45, 2.75) is 6.61 Å². The lowest BCUT2D eigenvalue weighted by atomic mass is 10.1. The van der Waals surface area contributed by atoms with Crippen LogP contribution in [0.4, 0.5) is 10.1 Å². The van der Waals surface area contributed by atoms with Crippen molar-refractivity contribution in [2.75, 3.05) is 5.73 Å². The zero-order valence-electron chi connectivity index (χ0n) is 9.86. The molecule has 0 atom stereocenters. The molecule has 0 aliphatic carbocycles. The second-order valence-electron chi connectivity index (χ2n) is 3.87. The molecule has 0 aliphatic rings. The van der Waals surface area contributed by atoms with Gasteiger partial charge in [-0.1, -0.05) is 6.07 Å². The van der Waals surface area contributed by atoms with Crippen molar-refractivity contribution in [1.29, 1.82) is 5.26 Å². The number of benzene rings is 2. The van der Waals surface area contributed by atoms with Crippen LogP contribution in [0.5, 0.6) is 5.75 Å². The second-order valence-corrected chi connectivity index (χ2v) is 4.66. The van der Waals surface area contributed by atoms with Crippen molar-refractivity contribution in [3.05, 3.63) is 57.8 Å². The third-order valence-corrected chi connectivity index (χ3v) is 3.40. The molecule has 2 N–H and O–H groups in total. The van der Waals surface area contributed by atoms with E-state index in [-0.39, 0.29) is 6.61 Å². The summed E-state index contributed by atoms with van der Waals surface area (Å²) in [6.07, 6.45) is 0. The normalized spacial score (nSPS) is 9.95. The lowest BCUT2D eigenvalue weighted by molar-refractivity contribution is 0.298. The number of rotatable bonds is 3. The summed E-state index contributed by atoms with van der Waals surface area (Å²) in [6, 6.07) is 11.3. The van der Waals surface area contributed by atoms with Gasteiger partial charge in [-0.3, -0.25) is 0 Å². The van der Waals surface area contributed by atoms with Crippen molar-refractivity contribution in [3.63, 3.8) is 0 Å². The molecule has 0 fully saturated rings. The highest BCUT2D eigenvalue weighted by molar-refractivity contribution is 9.10. The van der Waals surface area contributed by atoms with Crippen LogP contribution in [0.25, 0.3) is 0 Å². The third kappa shape index (κ3) is 3.04. The summed E-state index contributed by atoms with van der Waals surface area (Å²) in [5.41, 5.74) is 6.99. The summed E-state index contributed by atoms with van der Waals surface area (Å²) in [4.78, 5) is 0. The molecule has 0 aliphatic heterocycles. The standard InChI is InChI=1S/C14H10BrFN2O/c15-14-12(18)2-1-3-13(14)19-8-10-6-9(7-17)4-5-11(10)16/h1-6H,8,18H2. The van der Waals surface area contributed by atoms with Crippen LogP contribution >= 0.6 is 15.9 Å². The molecule has 96 valence electrons. The number of halogens is 2. The molecule has 2 aromatic rings. The molecule has 2 aromatic carbocycles. The third-order valence-electron chi connectivity index (χ3n) is 2.55. The maximum atomic E-state index is 13.6. The molecule has 0 saturated carbocycles. The molecule has 0 radical (unpaired) electrons. The van der Waals surface area contributed by atoms with Crippen molar-refractivity contribution >= 4 is 21.6 Å². The Labute approximate surface area is 118 Å². The van der Waals surface area contributed by atoms with Gasteiger partial charge in [0.25, 0.3) is 0 Å². The average Bonchev–Trinajstić information content (AvgIpc) is 2.42. The van der Waals surface area contributed by atoms with Gasteiger partial charge in [0.2, 0.25) is 0 Å². The number of nitriles is 1. The Balaban J connectivity index is 2.19. The maximum absolute atomic E-state index is 13.6. The van der Waals surface area contributed by atoms with Gasteiger partial charge in [-0.05, 0) is 46.3 Å². The van der Waals surface area contributed by atoms with Gasteiger partial charge in [0.05, 0.1) is 16.1 Å². The number of ether oxygens (including phenoxy) is 1. The fraction of sp³-hybridized carbons (Fsp3) is 0.0714. The molecular formula is C14H10BrFN2O. The first-order chi connectivity index (χ1) is 9.11. The van der Waals surface area contributed by atoms with Crippen molar-refractivity contribution in [3.8, 4) is 11.8 Å². The first-order valence-electron chi connectivity index (χ1n) is 5.47. The molecule has 0 saturated heterocycles. The van der Waals surface area contributed by atoms with E-state index in [2.05, 4.69) is 15.9 Å². The zero-order chi connectivity index (χ0) is 13.8. The smallest absolute Gasteiger partial charge is 0.136 e. The molecule has 0 unspecified atom stereocenters. The van der Waals surface area contributed by atoms with E-state index in [1.54, 1.807) is 18.2 Å². The first-order valence-corrected chi connectivity index (χ1v) is 6.26. The molecule has 0 heterocycles. The summed E-state index contributed by atoms with van der Waals surface area (Å²) in [7, 11) is 0. The highest BCUT2D eigenvalue weighted by atomic mass is 79.9. The fourth-order valence-corrected chi connectivity index (χ4v) is 1.93. The summed E-state index contributed by atoms with van der Waals surface area (Å²) in [5.74, 6) is 0.126. The van der Waals surface area contributed by atoms with Crippen molar-refractivity contribution in [1.82, 2.24) is 0 Å². The highest BCUT2D eigenvalue weighted by Gasteiger charge is 2.08. The summed E-state index contributed by atoms with van der Waals surface area (Å²) in [6.45, 7) is 0.0312. The second kappa shape index (κ2) is 5.72. The van der Waals surface area contributed by atoms with Crippen LogP contribution in [0.15, 0.2) is 40.9 Å². The molecule has 5 heteroatoms. The maximum Gasteiger partial charge on any atom is 0.136 e. The van der Waals surface area contributed by atoms with Crippen LogP contribution in [-0.2, 0) is 6.61 Å². The first kappa shape index (κ1) is 13.4. The molecule has 0 aromatic heterocycles. The highest BCUT2D eigenvalue weighted by Crippen LogP contribution is 2.31. The van der Waals surface area contributed by atoms with Gasteiger partial charge < -0.3 is 10.5 Å². The SMILES string of the molecule is N#Cc1ccc(F)c(COc2cccc(N)c2Br)c1. The molecular weight excluding hydrogens is 311 g/mol. The quantitative estimate of drug-likeness (QED) is 0.879. The zero-order valence-corrected chi connectivity index (χ0v) is 11.4. The van der Waals surface area contributed by atoms with Crippen LogP contribution in [-0.4, -0.2) is 0 Å². The van der Waals surface area contributed by atoms with Crippen LogP contribution in [0.3, 0.4) is 0 Å². The van der Waals surface area contributed by atoms with Gasteiger partial charge in [-0.15, -0.1) is 0 Å². The Bertz CT molecular complexity index is 652. The van der Waals surface area contributed by atoms with Crippen LogP contribution in [0, 0.1) is 17.1 Å². The predicted octanol–water partition coefficient (Wildman–Crippen LogP) is 3.62. The molecule has 2 rings (SSSR count). The van der Waals surface area contributed by atoms with E-state index in [9.17, 15) is 4.39 Å². The Hall–Kier alpha value is -2.06. The minimum absolute atomic E-state index is 0.0312. The average molecular weight is 321 g/mol. The Morgan fingerprint density at radius 3 is 2.84 bits per heavy atom. The summed E-state index contributed by atoms with van der Waals surface area (Å²) < 4.78 is 19.7.